The Morgan fingerprint density at radius 1 is 1.33 bits per heavy atom. The molecule has 0 radical (unpaired) electrons. The lowest BCUT2D eigenvalue weighted by Gasteiger charge is -2.19. The van der Waals surface area contributed by atoms with Gasteiger partial charge in [0.2, 0.25) is 0 Å². The fourth-order valence-corrected chi connectivity index (χ4v) is 2.75. The summed E-state index contributed by atoms with van der Waals surface area (Å²) in [5.74, 6) is 1.21. The number of halogens is 1. The summed E-state index contributed by atoms with van der Waals surface area (Å²) in [5.41, 5.74) is 0.645. The number of methoxy groups -OCH3 is 1. The van der Waals surface area contributed by atoms with Gasteiger partial charge in [-0.3, -0.25) is 4.98 Å². The van der Waals surface area contributed by atoms with Crippen LogP contribution in [0, 0.1) is 0 Å². The van der Waals surface area contributed by atoms with Gasteiger partial charge in [0.05, 0.1) is 19.3 Å². The third-order valence-electron chi connectivity index (χ3n) is 3.81. The van der Waals surface area contributed by atoms with Gasteiger partial charge >= 0.3 is 6.03 Å². The molecule has 1 N–H and O–H groups in total. The Kier molecular flexibility index (Phi) is 5.05. The number of nitrogens with zero attached hydrogens (tertiary/aromatic N) is 2. The van der Waals surface area contributed by atoms with Crippen molar-refractivity contribution < 1.29 is 14.3 Å². The van der Waals surface area contributed by atoms with Crippen molar-refractivity contribution in [3.63, 3.8) is 0 Å². The number of pyridine rings is 1. The molecule has 1 atom stereocenters. The van der Waals surface area contributed by atoms with Crippen LogP contribution in [0.5, 0.6) is 11.5 Å². The van der Waals surface area contributed by atoms with Crippen molar-refractivity contribution in [1.82, 2.24) is 9.88 Å². The maximum Gasteiger partial charge on any atom is 0.322 e. The number of benzene rings is 1. The minimum Gasteiger partial charge on any atom is -0.495 e. The Morgan fingerprint density at radius 3 is 2.96 bits per heavy atom. The average Bonchev–Trinajstić information content (AvgIpc) is 3.06. The van der Waals surface area contributed by atoms with Gasteiger partial charge in [0.15, 0.2) is 0 Å². The SMILES string of the molecule is COc1ccccc1NC(=O)N1CCC(Oc2ccncc2Cl)C1. The molecule has 1 aliphatic heterocycles. The van der Waals surface area contributed by atoms with Gasteiger partial charge in [0, 0.05) is 31.4 Å². The van der Waals surface area contributed by atoms with E-state index < -0.39 is 0 Å². The highest BCUT2D eigenvalue weighted by Gasteiger charge is 2.28. The van der Waals surface area contributed by atoms with Crippen LogP contribution in [0.25, 0.3) is 0 Å². The summed E-state index contributed by atoms with van der Waals surface area (Å²) in [5, 5.41) is 3.34. The molecule has 7 heteroatoms. The fraction of sp³-hybridized carbons (Fsp3) is 0.294. The maximum atomic E-state index is 12.4. The zero-order valence-electron chi connectivity index (χ0n) is 13.2. The summed E-state index contributed by atoms with van der Waals surface area (Å²) < 4.78 is 11.1. The van der Waals surface area contributed by atoms with E-state index in [4.69, 9.17) is 21.1 Å². The van der Waals surface area contributed by atoms with Crippen molar-refractivity contribution >= 4 is 23.3 Å². The van der Waals surface area contributed by atoms with Crippen LogP contribution in [0.4, 0.5) is 10.5 Å². The summed E-state index contributed by atoms with van der Waals surface area (Å²) in [4.78, 5) is 18.1. The van der Waals surface area contributed by atoms with Crippen LogP contribution in [0.3, 0.4) is 0 Å². The van der Waals surface area contributed by atoms with Crippen molar-refractivity contribution in [1.29, 1.82) is 0 Å². The predicted molar refractivity (Wildman–Crippen MR) is 91.9 cm³/mol. The van der Waals surface area contributed by atoms with E-state index in [2.05, 4.69) is 10.3 Å². The monoisotopic (exact) mass is 347 g/mol. The van der Waals surface area contributed by atoms with Gasteiger partial charge in [0.1, 0.15) is 22.6 Å². The number of nitrogens with one attached hydrogen (secondary N) is 1. The molecule has 6 nitrogen and oxygen atoms in total. The highest BCUT2D eigenvalue weighted by atomic mass is 35.5. The van der Waals surface area contributed by atoms with Gasteiger partial charge in [-0.15, -0.1) is 0 Å². The number of ether oxygens (including phenoxy) is 2. The van der Waals surface area contributed by atoms with Gasteiger partial charge in [0.25, 0.3) is 0 Å². The zero-order chi connectivity index (χ0) is 16.9. The van der Waals surface area contributed by atoms with Crippen LogP contribution in [-0.2, 0) is 0 Å². The molecular weight excluding hydrogens is 330 g/mol. The van der Waals surface area contributed by atoms with Crippen LogP contribution in [0.2, 0.25) is 5.02 Å². The van der Waals surface area contributed by atoms with Crippen molar-refractivity contribution in [2.24, 2.45) is 0 Å². The molecule has 3 rings (SSSR count). The molecule has 1 fully saturated rings. The van der Waals surface area contributed by atoms with Crippen molar-refractivity contribution in [2.75, 3.05) is 25.5 Å². The van der Waals surface area contributed by atoms with Crippen LogP contribution < -0.4 is 14.8 Å². The molecule has 1 aromatic carbocycles. The number of anilines is 1. The Balaban J connectivity index is 1.59. The number of hydrogen-bond donors (Lipinski definition) is 1. The van der Waals surface area contributed by atoms with E-state index in [9.17, 15) is 4.79 Å². The fourth-order valence-electron chi connectivity index (χ4n) is 2.59. The molecule has 24 heavy (non-hydrogen) atoms. The summed E-state index contributed by atoms with van der Waals surface area (Å²) in [6.07, 6.45) is 3.83. The molecule has 126 valence electrons. The molecule has 0 saturated carbocycles. The Labute approximate surface area is 145 Å². The smallest absolute Gasteiger partial charge is 0.322 e. The quantitative estimate of drug-likeness (QED) is 0.920. The van der Waals surface area contributed by atoms with E-state index in [-0.39, 0.29) is 12.1 Å². The largest absolute Gasteiger partial charge is 0.495 e. The van der Waals surface area contributed by atoms with Crippen molar-refractivity contribution in [3.8, 4) is 11.5 Å². The molecule has 1 aliphatic rings. The minimum absolute atomic E-state index is 0.0895. The van der Waals surface area contributed by atoms with Crippen LogP contribution in [-0.4, -0.2) is 42.2 Å². The molecule has 0 aliphatic carbocycles. The second-order valence-electron chi connectivity index (χ2n) is 5.41. The lowest BCUT2D eigenvalue weighted by atomic mass is 10.3. The second kappa shape index (κ2) is 7.40. The lowest BCUT2D eigenvalue weighted by molar-refractivity contribution is 0.195. The molecule has 0 bridgehead atoms. The number of carbonyl (C=O) groups is 1. The predicted octanol–water partition coefficient (Wildman–Crippen LogP) is 3.43. The number of amides is 2. The summed E-state index contributed by atoms with van der Waals surface area (Å²) in [6.45, 7) is 1.12. The van der Waals surface area contributed by atoms with E-state index >= 15 is 0 Å². The van der Waals surface area contributed by atoms with Gasteiger partial charge in [-0.25, -0.2) is 4.79 Å². The topological polar surface area (TPSA) is 63.7 Å². The molecule has 2 aromatic rings. The number of rotatable bonds is 4. The Bertz CT molecular complexity index is 726. The first kappa shape index (κ1) is 16.4. The van der Waals surface area contributed by atoms with Crippen LogP contribution >= 0.6 is 11.6 Å². The molecule has 1 saturated heterocycles. The zero-order valence-corrected chi connectivity index (χ0v) is 14.0. The maximum absolute atomic E-state index is 12.4. The number of para-hydroxylation sites is 2. The molecule has 2 heterocycles. The van der Waals surface area contributed by atoms with Crippen LogP contribution in [0.1, 0.15) is 6.42 Å². The van der Waals surface area contributed by atoms with E-state index in [1.54, 1.807) is 36.4 Å². The van der Waals surface area contributed by atoms with Gasteiger partial charge < -0.3 is 19.7 Å². The highest BCUT2D eigenvalue weighted by molar-refractivity contribution is 6.31. The number of aromatic nitrogens is 1. The standard InChI is InChI=1S/C17H18ClN3O3/c1-23-16-5-3-2-4-14(16)20-17(22)21-9-7-12(11-21)24-15-6-8-19-10-13(15)18/h2-6,8,10,12H,7,9,11H2,1H3,(H,20,22). The van der Waals surface area contributed by atoms with E-state index in [1.165, 1.54) is 6.20 Å². The first-order valence-corrected chi connectivity index (χ1v) is 8.00. The molecule has 1 unspecified atom stereocenters. The third-order valence-corrected chi connectivity index (χ3v) is 4.09. The summed E-state index contributed by atoms with van der Waals surface area (Å²) >= 11 is 6.05. The molecule has 2 amide bonds. The third kappa shape index (κ3) is 3.71. The average molecular weight is 348 g/mol. The first-order valence-electron chi connectivity index (χ1n) is 7.62. The van der Waals surface area contributed by atoms with Crippen molar-refractivity contribution in [3.05, 3.63) is 47.7 Å². The van der Waals surface area contributed by atoms with E-state index in [0.717, 1.165) is 6.42 Å². The van der Waals surface area contributed by atoms with E-state index in [1.807, 2.05) is 12.1 Å². The van der Waals surface area contributed by atoms with Gasteiger partial charge in [-0.05, 0) is 12.1 Å². The van der Waals surface area contributed by atoms with Gasteiger partial charge in [-0.1, -0.05) is 23.7 Å². The molecule has 1 aromatic heterocycles. The molecular formula is C17H18ClN3O3. The first-order chi connectivity index (χ1) is 11.7. The minimum atomic E-state index is -0.175. The van der Waals surface area contributed by atoms with E-state index in [0.29, 0.717) is 35.3 Å². The number of carbonyl (C=O) groups excluding carboxylic acids is 1. The number of urea groups is 1. The Morgan fingerprint density at radius 2 is 2.17 bits per heavy atom. The number of likely N-dealkylation sites (tertiary alicyclic amines) is 1. The summed E-state index contributed by atoms with van der Waals surface area (Å²) in [6, 6.07) is 8.85. The molecule has 0 spiro atoms. The lowest BCUT2D eigenvalue weighted by Crippen LogP contribution is -2.34. The highest BCUT2D eigenvalue weighted by Crippen LogP contribution is 2.27. The number of hydrogen-bond acceptors (Lipinski definition) is 4. The van der Waals surface area contributed by atoms with Crippen LogP contribution in [0.15, 0.2) is 42.7 Å². The van der Waals surface area contributed by atoms with Gasteiger partial charge in [-0.2, -0.15) is 0 Å². The normalized spacial score (nSPS) is 16.8. The summed E-state index contributed by atoms with van der Waals surface area (Å²) in [7, 11) is 1.57. The van der Waals surface area contributed by atoms with Crippen molar-refractivity contribution in [2.45, 2.75) is 12.5 Å². The second-order valence-corrected chi connectivity index (χ2v) is 5.82. The Hall–Kier alpha value is -2.47.